The van der Waals surface area contributed by atoms with Gasteiger partial charge in [-0.1, -0.05) is 170 Å². The maximum Gasteiger partial charge on any atom is 0.0555 e. The molecule has 0 bridgehead atoms. The molecule has 2 aromatic heterocycles. The molecule has 0 fully saturated rings. The second-order valence-electron chi connectivity index (χ2n) is 16.1. The summed E-state index contributed by atoms with van der Waals surface area (Å²) in [6.45, 7) is 0. The van der Waals surface area contributed by atoms with Crippen LogP contribution in [0.4, 0.5) is 17.1 Å². The molecule has 0 aliphatic heterocycles. The summed E-state index contributed by atoms with van der Waals surface area (Å²) in [6, 6.07) is 88.2. The molecule has 0 aliphatic rings. The molecule has 0 aliphatic carbocycles. The monoisotopic (exact) mass is 820 g/mol. The van der Waals surface area contributed by atoms with Crippen molar-refractivity contribution < 1.29 is 0 Å². The summed E-state index contributed by atoms with van der Waals surface area (Å²) >= 11 is 1.87. The summed E-state index contributed by atoms with van der Waals surface area (Å²) in [5.74, 6) is 0. The van der Waals surface area contributed by atoms with Gasteiger partial charge in [-0.05, 0) is 117 Å². The topological polar surface area (TPSA) is 8.17 Å². The molecule has 12 rings (SSSR count). The van der Waals surface area contributed by atoms with Crippen molar-refractivity contribution in [2.45, 2.75) is 0 Å². The average molecular weight is 821 g/mol. The lowest BCUT2D eigenvalue weighted by molar-refractivity contribution is 1.20. The number of aromatic nitrogens is 1. The van der Waals surface area contributed by atoms with E-state index in [-0.39, 0.29) is 0 Å². The van der Waals surface area contributed by atoms with Crippen LogP contribution in [0.3, 0.4) is 0 Å². The Bertz CT molecular complexity index is 3600. The third-order valence-corrected chi connectivity index (χ3v) is 13.5. The minimum absolute atomic E-state index is 1.10. The molecule has 0 atom stereocenters. The molecule has 0 saturated heterocycles. The van der Waals surface area contributed by atoms with Gasteiger partial charge in [-0.25, -0.2) is 0 Å². The SMILES string of the molecule is c1ccc(-c2ccc(-c3ccc(N(c4ccccc4)c4cccc(-c5ccccc5-c5ccc6c(c5)c5ccccc5n6-c5cccc6sc7ccccc7c56)c4)cc3)cc2)cc1. The Morgan fingerprint density at radius 3 is 1.54 bits per heavy atom. The summed E-state index contributed by atoms with van der Waals surface area (Å²) < 4.78 is 5.09. The maximum absolute atomic E-state index is 2.47. The first-order valence-corrected chi connectivity index (χ1v) is 22.3. The van der Waals surface area contributed by atoms with Gasteiger partial charge in [0.25, 0.3) is 0 Å². The number of rotatable bonds is 8. The Labute approximate surface area is 370 Å². The molecule has 0 saturated carbocycles. The molecule has 3 heteroatoms. The predicted octanol–water partition coefficient (Wildman–Crippen LogP) is 17.3. The first-order chi connectivity index (χ1) is 31.2. The summed E-state index contributed by atoms with van der Waals surface area (Å²) in [5.41, 5.74) is 16.5. The number of nitrogens with zero attached hydrogens (tertiary/aromatic N) is 2. The number of benzene rings is 10. The van der Waals surface area contributed by atoms with Crippen molar-refractivity contribution in [2.75, 3.05) is 4.90 Å². The van der Waals surface area contributed by atoms with Crippen LogP contribution in [0, 0.1) is 0 Å². The van der Waals surface area contributed by atoms with Gasteiger partial charge in [0, 0.05) is 48.0 Å². The Kier molecular flexibility index (Phi) is 9.06. The number of thiophene rings is 1. The van der Waals surface area contributed by atoms with Crippen LogP contribution in [-0.2, 0) is 0 Å². The molecule has 2 heterocycles. The van der Waals surface area contributed by atoms with Crippen molar-refractivity contribution in [1.82, 2.24) is 4.57 Å². The van der Waals surface area contributed by atoms with Gasteiger partial charge >= 0.3 is 0 Å². The fraction of sp³-hybridized carbons (Fsp3) is 0. The Hall–Kier alpha value is -7.98. The number of para-hydroxylation sites is 2. The molecule has 296 valence electrons. The van der Waals surface area contributed by atoms with Crippen molar-refractivity contribution >= 4 is 70.4 Å². The molecule has 0 spiro atoms. The number of fused-ring (bicyclic) bond motifs is 6. The second kappa shape index (κ2) is 15.5. The zero-order valence-electron chi connectivity index (χ0n) is 34.4. The maximum atomic E-state index is 2.47. The van der Waals surface area contributed by atoms with Crippen LogP contribution in [0.15, 0.2) is 243 Å². The van der Waals surface area contributed by atoms with E-state index < -0.39 is 0 Å². The van der Waals surface area contributed by atoms with E-state index in [4.69, 9.17) is 0 Å². The second-order valence-corrected chi connectivity index (χ2v) is 17.2. The molecule has 12 aromatic rings. The number of hydrogen-bond donors (Lipinski definition) is 0. The van der Waals surface area contributed by atoms with Gasteiger partial charge in [0.1, 0.15) is 0 Å². The molecule has 63 heavy (non-hydrogen) atoms. The fourth-order valence-corrected chi connectivity index (χ4v) is 10.6. The zero-order chi connectivity index (χ0) is 41.7. The number of anilines is 3. The smallest absolute Gasteiger partial charge is 0.0555 e. The highest BCUT2D eigenvalue weighted by molar-refractivity contribution is 7.25. The lowest BCUT2D eigenvalue weighted by atomic mass is 9.93. The van der Waals surface area contributed by atoms with Gasteiger partial charge in [0.2, 0.25) is 0 Å². The van der Waals surface area contributed by atoms with Crippen molar-refractivity contribution in [3.8, 4) is 50.2 Å². The first-order valence-electron chi connectivity index (χ1n) is 21.5. The van der Waals surface area contributed by atoms with Gasteiger partial charge in [-0.3, -0.25) is 0 Å². The Morgan fingerprint density at radius 2 is 0.794 bits per heavy atom. The van der Waals surface area contributed by atoms with E-state index in [0.29, 0.717) is 0 Å². The van der Waals surface area contributed by atoms with E-state index in [2.05, 4.69) is 252 Å². The normalized spacial score (nSPS) is 11.5. The standard InChI is InChI=1S/C60H40N2S/c1-3-15-41(16-4-1)42-29-31-43(32-30-42)44-33-36-48(37-34-44)61(47-18-5-2-6-19-47)49-20-13-17-45(39-49)50-21-7-8-22-51(50)46-35-38-56-54(40-46)52-23-9-11-25-55(52)62(56)57-26-14-28-59-60(57)53-24-10-12-27-58(53)63-59/h1-40H. The minimum atomic E-state index is 1.10. The van der Waals surface area contributed by atoms with Crippen LogP contribution in [0.1, 0.15) is 0 Å². The van der Waals surface area contributed by atoms with Gasteiger partial charge < -0.3 is 9.47 Å². The zero-order valence-corrected chi connectivity index (χ0v) is 35.2. The van der Waals surface area contributed by atoms with E-state index in [1.54, 1.807) is 0 Å². The molecule has 2 nitrogen and oxygen atoms in total. The van der Waals surface area contributed by atoms with Crippen LogP contribution in [-0.4, -0.2) is 4.57 Å². The molecular formula is C60H40N2S. The van der Waals surface area contributed by atoms with Crippen LogP contribution in [0.25, 0.3) is 92.2 Å². The van der Waals surface area contributed by atoms with E-state index in [1.807, 2.05) is 11.3 Å². The lowest BCUT2D eigenvalue weighted by Crippen LogP contribution is -2.09. The van der Waals surface area contributed by atoms with E-state index in [0.717, 1.165) is 22.6 Å². The molecule has 0 amide bonds. The highest BCUT2D eigenvalue weighted by Gasteiger charge is 2.19. The predicted molar refractivity (Wildman–Crippen MR) is 270 cm³/mol. The van der Waals surface area contributed by atoms with Gasteiger partial charge in [0.05, 0.1) is 16.7 Å². The van der Waals surface area contributed by atoms with Crippen LogP contribution in [0.2, 0.25) is 0 Å². The van der Waals surface area contributed by atoms with Crippen molar-refractivity contribution in [1.29, 1.82) is 0 Å². The summed E-state index contributed by atoms with van der Waals surface area (Å²) in [6.07, 6.45) is 0. The Balaban J connectivity index is 0.930. The van der Waals surface area contributed by atoms with E-state index >= 15 is 0 Å². The third-order valence-electron chi connectivity index (χ3n) is 12.4. The quantitative estimate of drug-likeness (QED) is 0.148. The van der Waals surface area contributed by atoms with Gasteiger partial charge in [0.15, 0.2) is 0 Å². The summed E-state index contributed by atoms with van der Waals surface area (Å²) in [5, 5.41) is 5.11. The molecule has 0 radical (unpaired) electrons. The van der Waals surface area contributed by atoms with Crippen molar-refractivity contribution in [3.63, 3.8) is 0 Å². The highest BCUT2D eigenvalue weighted by atomic mass is 32.1. The van der Waals surface area contributed by atoms with Crippen LogP contribution >= 0.6 is 11.3 Å². The van der Waals surface area contributed by atoms with Crippen LogP contribution in [0.5, 0.6) is 0 Å². The summed E-state index contributed by atoms with van der Waals surface area (Å²) in [7, 11) is 0. The van der Waals surface area contributed by atoms with Crippen molar-refractivity contribution in [2.24, 2.45) is 0 Å². The van der Waals surface area contributed by atoms with Gasteiger partial charge in [-0.15, -0.1) is 11.3 Å². The Morgan fingerprint density at radius 1 is 0.302 bits per heavy atom. The molecule has 0 unspecified atom stereocenters. The first kappa shape index (κ1) is 36.8. The van der Waals surface area contributed by atoms with Gasteiger partial charge in [-0.2, -0.15) is 0 Å². The van der Waals surface area contributed by atoms with Crippen LogP contribution < -0.4 is 4.90 Å². The molecule has 10 aromatic carbocycles. The summed E-state index contributed by atoms with van der Waals surface area (Å²) in [4.78, 5) is 2.35. The average Bonchev–Trinajstić information content (AvgIpc) is 3.91. The third kappa shape index (κ3) is 6.50. The van der Waals surface area contributed by atoms with E-state index in [9.17, 15) is 0 Å². The minimum Gasteiger partial charge on any atom is -0.310 e. The molecule has 0 N–H and O–H groups in total. The highest BCUT2D eigenvalue weighted by Crippen LogP contribution is 2.44. The largest absolute Gasteiger partial charge is 0.310 e. The fourth-order valence-electron chi connectivity index (χ4n) is 9.45. The van der Waals surface area contributed by atoms with Crippen molar-refractivity contribution in [3.05, 3.63) is 243 Å². The number of hydrogen-bond acceptors (Lipinski definition) is 2. The molecular weight excluding hydrogens is 781 g/mol. The van der Waals surface area contributed by atoms with E-state index in [1.165, 1.54) is 86.6 Å². The lowest BCUT2D eigenvalue weighted by Gasteiger charge is -2.26.